The van der Waals surface area contributed by atoms with Crippen LogP contribution in [0.1, 0.15) is 125 Å². The van der Waals surface area contributed by atoms with Gasteiger partial charge in [-0.05, 0) is 107 Å². The Hall–Kier alpha value is -5.64. The Labute approximate surface area is 400 Å². The van der Waals surface area contributed by atoms with Gasteiger partial charge in [0.1, 0.15) is 5.82 Å². The molecule has 64 heavy (non-hydrogen) atoms. The summed E-state index contributed by atoms with van der Waals surface area (Å²) in [6, 6.07) is 50.1. The monoisotopic (exact) mass is 1020 g/mol. The van der Waals surface area contributed by atoms with Crippen molar-refractivity contribution in [1.29, 1.82) is 0 Å². The van der Waals surface area contributed by atoms with Crippen molar-refractivity contribution in [3.8, 4) is 28.4 Å². The van der Waals surface area contributed by atoms with E-state index in [1.807, 2.05) is 59.2 Å². The largest absolute Gasteiger partial charge is 0.509 e. The van der Waals surface area contributed by atoms with E-state index < -0.39 is 18.2 Å². The van der Waals surface area contributed by atoms with Gasteiger partial charge >= 0.3 is 0 Å². The molecule has 6 heteroatoms. The van der Waals surface area contributed by atoms with Gasteiger partial charge in [0.15, 0.2) is 0 Å². The average Bonchev–Trinajstić information content (AvgIpc) is 3.82. The quantitative estimate of drug-likeness (QED) is 0.128. The van der Waals surface area contributed by atoms with Gasteiger partial charge in [-0.25, -0.2) is 4.98 Å². The predicted molar refractivity (Wildman–Crippen MR) is 262 cm³/mol. The second kappa shape index (κ2) is 17.7. The smallest absolute Gasteiger partial charge is 0.135 e. The molecule has 0 radical (unpaired) electrons. The molecule has 0 saturated heterocycles. The molecule has 5 nitrogen and oxygen atoms in total. The molecule has 6 aromatic carbocycles. The van der Waals surface area contributed by atoms with Crippen LogP contribution in [0.2, 0.25) is 0 Å². The summed E-state index contributed by atoms with van der Waals surface area (Å²) < 4.78 is 47.2. The molecular weight excluding hydrogens is 964 g/mol. The van der Waals surface area contributed by atoms with Crippen molar-refractivity contribution in [3.63, 3.8) is 0 Å². The van der Waals surface area contributed by atoms with E-state index in [2.05, 4.69) is 144 Å². The Morgan fingerprint density at radius 2 is 1.36 bits per heavy atom. The Bertz CT molecular complexity index is 3120. The van der Waals surface area contributed by atoms with Crippen molar-refractivity contribution in [1.82, 2.24) is 9.55 Å². The van der Waals surface area contributed by atoms with Crippen LogP contribution in [0, 0.1) is 18.8 Å². The molecule has 0 spiro atoms. The summed E-state index contributed by atoms with van der Waals surface area (Å²) in [5.41, 5.74) is 10.4. The number of hydrogen-bond acceptors (Lipinski definition) is 4. The predicted octanol–water partition coefficient (Wildman–Crippen LogP) is 15.6. The third kappa shape index (κ3) is 7.74. The van der Waals surface area contributed by atoms with Crippen LogP contribution in [-0.2, 0) is 26.5 Å². The van der Waals surface area contributed by atoms with Gasteiger partial charge in [-0.2, -0.15) is 12.7 Å². The summed E-state index contributed by atoms with van der Waals surface area (Å²) in [6.07, 6.45) is -1.15. The van der Waals surface area contributed by atoms with E-state index in [1.54, 1.807) is 12.3 Å². The summed E-state index contributed by atoms with van der Waals surface area (Å²) in [7, 11) is 2.06. The minimum absolute atomic E-state index is 0. The molecule has 2 aliphatic rings. The van der Waals surface area contributed by atoms with Gasteiger partial charge in [0.25, 0.3) is 0 Å². The standard InChI is InChI=1S/C58H57N4O.Pt/c1-38(2)41-32-50(39(3)4)57(51(33-41)40(5)6)42-30-45(61-37-60(7)53-22-14-15-23-54(53)61)35-47(31-42)63-46-24-25-49-48-20-12-13-21-52(48)62(55(49)36-46)56-34-44(26-29-59-56)58(27-16-9-17-28-58)43-18-10-8-11-19-43;/h8,10-15,18-26,29-34,37-40H,9,16-17,27-28H2,1-7H3;/q-3;/i27D2,28D2;. The van der Waals surface area contributed by atoms with Crippen molar-refractivity contribution >= 4 is 38.9 Å². The SMILES string of the molecule is [2H]C1([2H])CCCC([2H])([2H])C1(c1ccccc1)c1ccnc(-n2c3[c-]c(Oc4[c-]c(N5[CH-]N(C)c6ccccc65)cc(-c5c(C(C)C)cc(C(C)C)cc5C(C)C)c4)ccc3c3ccccc32)c1.[Pt]. The third-order valence-electron chi connectivity index (χ3n) is 12.8. The van der Waals surface area contributed by atoms with Crippen LogP contribution in [0.3, 0.4) is 0 Å². The zero-order valence-electron chi connectivity index (χ0n) is 41.6. The Morgan fingerprint density at radius 1 is 0.672 bits per heavy atom. The van der Waals surface area contributed by atoms with Gasteiger partial charge < -0.3 is 19.1 Å². The van der Waals surface area contributed by atoms with Crippen LogP contribution < -0.4 is 14.5 Å². The Balaban J connectivity index is 0.00000578. The molecule has 0 bridgehead atoms. The van der Waals surface area contributed by atoms with Crippen molar-refractivity contribution in [2.24, 2.45) is 0 Å². The van der Waals surface area contributed by atoms with E-state index in [1.165, 1.54) is 22.3 Å². The van der Waals surface area contributed by atoms with E-state index >= 15 is 0 Å². The third-order valence-corrected chi connectivity index (χ3v) is 12.8. The maximum absolute atomic E-state index is 9.55. The van der Waals surface area contributed by atoms with Crippen molar-refractivity contribution in [2.45, 2.75) is 96.7 Å². The molecule has 8 aromatic rings. The zero-order valence-corrected chi connectivity index (χ0v) is 39.9. The van der Waals surface area contributed by atoms with Crippen molar-refractivity contribution in [2.75, 3.05) is 16.8 Å². The van der Waals surface area contributed by atoms with Gasteiger partial charge in [0.05, 0.1) is 0 Å². The van der Waals surface area contributed by atoms with Gasteiger partial charge in [0, 0.05) is 66.6 Å². The molecule has 1 aliphatic carbocycles. The molecule has 328 valence electrons. The molecule has 1 aliphatic heterocycles. The van der Waals surface area contributed by atoms with Gasteiger partial charge in [-0.1, -0.05) is 139 Å². The minimum Gasteiger partial charge on any atom is -0.509 e. The normalized spacial score (nSPS) is 17.3. The van der Waals surface area contributed by atoms with Crippen LogP contribution in [0.4, 0.5) is 17.1 Å². The van der Waals surface area contributed by atoms with Crippen molar-refractivity contribution in [3.05, 3.63) is 180 Å². The molecule has 1 saturated carbocycles. The summed E-state index contributed by atoms with van der Waals surface area (Å²) in [5, 5.41) is 1.96. The van der Waals surface area contributed by atoms with E-state index in [0.29, 0.717) is 40.8 Å². The number of hydrogen-bond donors (Lipinski definition) is 0. The first-order valence-corrected chi connectivity index (χ1v) is 22.5. The molecule has 10 rings (SSSR count). The van der Waals surface area contributed by atoms with Gasteiger partial charge in [-0.15, -0.1) is 47.0 Å². The number of anilines is 3. The molecule has 3 heterocycles. The minimum atomic E-state index is -1.89. The Morgan fingerprint density at radius 3 is 2.08 bits per heavy atom. The summed E-state index contributed by atoms with van der Waals surface area (Å²) in [4.78, 5) is 9.25. The van der Waals surface area contributed by atoms with Gasteiger partial charge in [-0.3, -0.25) is 0 Å². The molecule has 2 aromatic heterocycles. The number of ether oxygens (including phenoxy) is 1. The summed E-state index contributed by atoms with van der Waals surface area (Å²) in [6.45, 7) is 15.7. The van der Waals surface area contributed by atoms with E-state index in [9.17, 15) is 5.48 Å². The first-order chi connectivity index (χ1) is 32.1. The average molecular weight is 1030 g/mol. The first kappa shape index (κ1) is 38.8. The number of benzene rings is 6. The number of fused-ring (bicyclic) bond motifs is 4. The summed E-state index contributed by atoms with van der Waals surface area (Å²) in [5.74, 6) is 2.53. The number of aromatic nitrogens is 2. The molecule has 0 N–H and O–H groups in total. The fourth-order valence-electron chi connectivity index (χ4n) is 9.63. The Kier molecular flexibility index (Phi) is 10.7. The van der Waals surface area contributed by atoms with E-state index in [0.717, 1.165) is 44.4 Å². The number of pyridine rings is 1. The zero-order chi connectivity index (χ0) is 47.0. The maximum atomic E-state index is 9.55. The molecular formula is C58H57N4OPt-3. The van der Waals surface area contributed by atoms with Crippen LogP contribution in [0.15, 0.2) is 134 Å². The van der Waals surface area contributed by atoms with Crippen LogP contribution >= 0.6 is 0 Å². The molecule has 0 unspecified atom stereocenters. The van der Waals surface area contributed by atoms with Crippen LogP contribution in [-0.4, -0.2) is 16.6 Å². The topological polar surface area (TPSA) is 33.5 Å². The molecule has 1 fully saturated rings. The van der Waals surface area contributed by atoms with Crippen molar-refractivity contribution < 1.29 is 31.3 Å². The van der Waals surface area contributed by atoms with Gasteiger partial charge in [0.2, 0.25) is 0 Å². The second-order valence-corrected chi connectivity index (χ2v) is 18.0. The van der Waals surface area contributed by atoms with Crippen LogP contribution in [0.25, 0.3) is 38.8 Å². The maximum Gasteiger partial charge on any atom is 0.135 e. The molecule has 0 amide bonds. The number of nitrogens with zero attached hydrogens (tertiary/aromatic N) is 4. The van der Waals surface area contributed by atoms with Crippen LogP contribution in [0.5, 0.6) is 11.5 Å². The summed E-state index contributed by atoms with van der Waals surface area (Å²) >= 11 is 0. The van der Waals surface area contributed by atoms with E-state index in [-0.39, 0.29) is 45.7 Å². The molecule has 0 atom stereocenters. The first-order valence-electron chi connectivity index (χ1n) is 24.5. The van der Waals surface area contributed by atoms with E-state index in [4.69, 9.17) is 9.72 Å². The number of para-hydroxylation sites is 3. The fraction of sp³-hybridized carbons (Fsp3) is 0.276. The number of rotatable bonds is 10. The second-order valence-electron chi connectivity index (χ2n) is 18.0. The fourth-order valence-corrected chi connectivity index (χ4v) is 9.63.